The number of ether oxygens (including phenoxy) is 2. The van der Waals surface area contributed by atoms with Crippen molar-refractivity contribution in [3.05, 3.63) is 6.33 Å². The number of methoxy groups -OCH3 is 1. The van der Waals surface area contributed by atoms with Crippen LogP contribution in [0.15, 0.2) is 6.33 Å². The molecule has 3 rings (SSSR count). The maximum absolute atomic E-state index is 14.3. The first-order chi connectivity index (χ1) is 10.4. The number of hydrogen-bond acceptors (Lipinski definition) is 7. The molecule has 3 heterocycles. The van der Waals surface area contributed by atoms with E-state index < -0.39 is 24.1 Å². The van der Waals surface area contributed by atoms with Crippen LogP contribution in [0.1, 0.15) is 26.5 Å². The zero-order chi connectivity index (χ0) is 16.1. The summed E-state index contributed by atoms with van der Waals surface area (Å²) in [5.41, 5.74) is 4.63. The van der Waals surface area contributed by atoms with Gasteiger partial charge in [0.25, 0.3) is 0 Å². The predicted molar refractivity (Wildman–Crippen MR) is 76.0 cm³/mol. The van der Waals surface area contributed by atoms with Gasteiger partial charge in [0, 0.05) is 0 Å². The zero-order valence-corrected chi connectivity index (χ0v) is 12.5. The van der Waals surface area contributed by atoms with Gasteiger partial charge in [-0.2, -0.15) is 9.97 Å². The molecule has 0 spiro atoms. The maximum atomic E-state index is 14.3. The highest BCUT2D eigenvalue weighted by Crippen LogP contribution is 2.42. The van der Waals surface area contributed by atoms with Crippen LogP contribution >= 0.6 is 0 Å². The summed E-state index contributed by atoms with van der Waals surface area (Å²) in [5.74, 6) is 0.204. The number of nitrogen functional groups attached to an aromatic ring is 1. The SMILES string of the molecule is CC[C@H]1O[C@@H](n2cnc3c(OC)nc(N)nc32)[C@](C)(O)[C@H]1F. The van der Waals surface area contributed by atoms with Gasteiger partial charge in [-0.3, -0.25) is 4.57 Å². The lowest BCUT2D eigenvalue weighted by Crippen LogP contribution is -2.40. The Labute approximate surface area is 126 Å². The molecule has 3 N–H and O–H groups in total. The standard InChI is InChI=1S/C13H18FN5O3/c1-4-6-8(14)13(2,20)11(22-6)19-5-16-7-9(19)17-12(15)18-10(7)21-3/h5-6,8,11,20H,4H2,1-3H3,(H2,15,17,18)/t6-,8+,11-,13-/m1/s1. The van der Waals surface area contributed by atoms with E-state index in [1.165, 1.54) is 24.9 Å². The van der Waals surface area contributed by atoms with E-state index >= 15 is 0 Å². The minimum Gasteiger partial charge on any atom is -0.479 e. The van der Waals surface area contributed by atoms with Gasteiger partial charge in [-0.25, -0.2) is 9.37 Å². The van der Waals surface area contributed by atoms with Crippen LogP contribution in [0.3, 0.4) is 0 Å². The molecule has 1 aliphatic heterocycles. The molecule has 9 heteroatoms. The lowest BCUT2D eigenvalue weighted by atomic mass is 9.97. The van der Waals surface area contributed by atoms with Crippen LogP contribution < -0.4 is 10.5 Å². The van der Waals surface area contributed by atoms with Gasteiger partial charge in [0.15, 0.2) is 23.6 Å². The van der Waals surface area contributed by atoms with Crippen LogP contribution in [0.5, 0.6) is 5.88 Å². The molecule has 120 valence electrons. The quantitative estimate of drug-likeness (QED) is 0.863. The van der Waals surface area contributed by atoms with Gasteiger partial charge in [-0.05, 0) is 13.3 Å². The molecule has 1 fully saturated rings. The molecular formula is C13H18FN5O3. The molecule has 1 aliphatic rings. The molecule has 2 aromatic rings. The van der Waals surface area contributed by atoms with Crippen LogP contribution in [0, 0.1) is 0 Å². The number of nitrogens with zero attached hydrogens (tertiary/aromatic N) is 4. The Morgan fingerprint density at radius 2 is 2.27 bits per heavy atom. The number of hydrogen-bond donors (Lipinski definition) is 2. The molecule has 22 heavy (non-hydrogen) atoms. The smallest absolute Gasteiger partial charge is 0.246 e. The number of anilines is 1. The number of fused-ring (bicyclic) bond motifs is 1. The second kappa shape index (κ2) is 5.03. The molecule has 0 saturated carbocycles. The Bertz CT molecular complexity index is 704. The van der Waals surface area contributed by atoms with E-state index in [1.54, 1.807) is 6.92 Å². The molecule has 4 atom stereocenters. The lowest BCUT2D eigenvalue weighted by Gasteiger charge is -2.26. The Hall–Kier alpha value is -2.00. The number of rotatable bonds is 3. The number of aromatic nitrogens is 4. The van der Waals surface area contributed by atoms with Crippen molar-refractivity contribution in [1.29, 1.82) is 0 Å². The Morgan fingerprint density at radius 3 is 2.86 bits per heavy atom. The van der Waals surface area contributed by atoms with Crippen molar-refractivity contribution in [1.82, 2.24) is 19.5 Å². The van der Waals surface area contributed by atoms with Crippen LogP contribution in [0.25, 0.3) is 11.2 Å². The molecule has 2 aromatic heterocycles. The first-order valence-electron chi connectivity index (χ1n) is 6.96. The largest absolute Gasteiger partial charge is 0.479 e. The van der Waals surface area contributed by atoms with Crippen molar-refractivity contribution in [3.8, 4) is 5.88 Å². The molecule has 0 aliphatic carbocycles. The fourth-order valence-corrected chi connectivity index (χ4v) is 2.76. The van der Waals surface area contributed by atoms with Gasteiger partial charge < -0.3 is 20.3 Å². The fraction of sp³-hybridized carbons (Fsp3) is 0.615. The predicted octanol–water partition coefficient (Wildman–Crippen LogP) is 0.814. The van der Waals surface area contributed by atoms with Crippen LogP contribution in [0.2, 0.25) is 0 Å². The van der Waals surface area contributed by atoms with E-state index in [0.717, 1.165) is 0 Å². The lowest BCUT2D eigenvalue weighted by molar-refractivity contribution is -0.0858. The Balaban J connectivity index is 2.13. The highest BCUT2D eigenvalue weighted by molar-refractivity contribution is 5.77. The molecule has 0 unspecified atom stereocenters. The summed E-state index contributed by atoms with van der Waals surface area (Å²) in [6.07, 6.45) is -1.32. The van der Waals surface area contributed by atoms with Gasteiger partial charge in [-0.15, -0.1) is 0 Å². The van der Waals surface area contributed by atoms with E-state index in [-0.39, 0.29) is 11.8 Å². The fourth-order valence-electron chi connectivity index (χ4n) is 2.76. The molecule has 0 radical (unpaired) electrons. The van der Waals surface area contributed by atoms with Crippen molar-refractivity contribution in [2.75, 3.05) is 12.8 Å². The van der Waals surface area contributed by atoms with Crippen LogP contribution in [0.4, 0.5) is 10.3 Å². The van der Waals surface area contributed by atoms with Gasteiger partial charge in [0.05, 0.1) is 19.5 Å². The van der Waals surface area contributed by atoms with Gasteiger partial charge in [0.1, 0.15) is 5.60 Å². The third-order valence-electron chi connectivity index (χ3n) is 3.94. The van der Waals surface area contributed by atoms with Crippen molar-refractivity contribution >= 4 is 17.1 Å². The highest BCUT2D eigenvalue weighted by Gasteiger charge is 2.54. The first kappa shape index (κ1) is 14.9. The van der Waals surface area contributed by atoms with Crippen molar-refractivity contribution in [2.24, 2.45) is 0 Å². The number of nitrogens with two attached hydrogens (primary N) is 1. The van der Waals surface area contributed by atoms with Gasteiger partial charge in [-0.1, -0.05) is 6.92 Å². The monoisotopic (exact) mass is 311 g/mol. The molecule has 0 aromatic carbocycles. The summed E-state index contributed by atoms with van der Waals surface area (Å²) in [6.45, 7) is 3.19. The second-order valence-electron chi connectivity index (χ2n) is 5.48. The Kier molecular flexibility index (Phi) is 3.41. The minimum atomic E-state index is -1.71. The average molecular weight is 311 g/mol. The second-order valence-corrected chi connectivity index (χ2v) is 5.48. The molecular weight excluding hydrogens is 293 g/mol. The molecule has 8 nitrogen and oxygen atoms in total. The summed E-state index contributed by atoms with van der Waals surface area (Å²) in [7, 11) is 1.44. The highest BCUT2D eigenvalue weighted by atomic mass is 19.1. The summed E-state index contributed by atoms with van der Waals surface area (Å²) in [4.78, 5) is 12.2. The summed E-state index contributed by atoms with van der Waals surface area (Å²) >= 11 is 0. The number of aliphatic hydroxyl groups is 1. The van der Waals surface area contributed by atoms with E-state index in [0.29, 0.717) is 17.6 Å². The number of alkyl halides is 1. The van der Waals surface area contributed by atoms with Crippen molar-refractivity contribution < 1.29 is 19.0 Å². The van der Waals surface area contributed by atoms with Gasteiger partial charge in [0.2, 0.25) is 11.8 Å². The van der Waals surface area contributed by atoms with Crippen molar-refractivity contribution in [3.63, 3.8) is 0 Å². The van der Waals surface area contributed by atoms with Gasteiger partial charge >= 0.3 is 0 Å². The normalized spacial score (nSPS) is 31.8. The molecule has 0 amide bonds. The maximum Gasteiger partial charge on any atom is 0.246 e. The Morgan fingerprint density at radius 1 is 1.55 bits per heavy atom. The molecule has 1 saturated heterocycles. The zero-order valence-electron chi connectivity index (χ0n) is 12.5. The van der Waals surface area contributed by atoms with Crippen molar-refractivity contribution in [2.45, 2.75) is 44.4 Å². The van der Waals surface area contributed by atoms with E-state index in [1.807, 2.05) is 0 Å². The minimum absolute atomic E-state index is 0.00687. The third-order valence-corrected chi connectivity index (χ3v) is 3.94. The van der Waals surface area contributed by atoms with E-state index in [9.17, 15) is 9.50 Å². The topological polar surface area (TPSA) is 108 Å². The number of halogens is 1. The third kappa shape index (κ3) is 2.00. The van der Waals surface area contributed by atoms with E-state index in [4.69, 9.17) is 15.2 Å². The molecule has 0 bridgehead atoms. The van der Waals surface area contributed by atoms with E-state index in [2.05, 4.69) is 15.0 Å². The summed E-state index contributed by atoms with van der Waals surface area (Å²) < 4.78 is 26.6. The average Bonchev–Trinajstić information content (AvgIpc) is 2.98. The summed E-state index contributed by atoms with van der Waals surface area (Å²) in [6, 6.07) is 0. The van der Waals surface area contributed by atoms with Crippen LogP contribution in [-0.4, -0.2) is 49.6 Å². The summed E-state index contributed by atoms with van der Waals surface area (Å²) in [5, 5.41) is 10.5. The first-order valence-corrected chi connectivity index (χ1v) is 6.96. The van der Waals surface area contributed by atoms with Crippen LogP contribution in [-0.2, 0) is 4.74 Å². The number of imidazole rings is 1.